The molecule has 10 heteroatoms. The molecule has 0 aliphatic carbocycles. The number of Topliss-reactive ketones (excluding diaryl/α,β-unsaturated/α-hetero) is 1. The van der Waals surface area contributed by atoms with Crippen molar-refractivity contribution >= 4 is 34.6 Å². The maximum atomic E-state index is 14.6. The summed E-state index contributed by atoms with van der Waals surface area (Å²) in [6.45, 7) is 8.29. The predicted molar refractivity (Wildman–Crippen MR) is 161 cm³/mol. The first-order valence-electron chi connectivity index (χ1n) is 14.4. The molecule has 0 radical (unpaired) electrons. The molecule has 2 saturated heterocycles. The van der Waals surface area contributed by atoms with Gasteiger partial charge in [-0.25, -0.2) is 0 Å². The molecule has 42 heavy (non-hydrogen) atoms. The van der Waals surface area contributed by atoms with Crippen LogP contribution in [0.5, 0.6) is 0 Å². The number of amides is 2. The van der Waals surface area contributed by atoms with Gasteiger partial charge in [0.2, 0.25) is 11.8 Å². The number of nitrogens with zero attached hydrogens (tertiary/aromatic N) is 3. The van der Waals surface area contributed by atoms with E-state index in [1.54, 1.807) is 4.90 Å². The van der Waals surface area contributed by atoms with Gasteiger partial charge in [0.05, 0.1) is 16.9 Å². The Balaban J connectivity index is 1.71. The molecule has 1 aromatic heterocycles. The first-order valence-corrected chi connectivity index (χ1v) is 15.2. The predicted octanol–water partition coefficient (Wildman–Crippen LogP) is 4.98. The van der Waals surface area contributed by atoms with Crippen molar-refractivity contribution in [3.63, 3.8) is 0 Å². The summed E-state index contributed by atoms with van der Waals surface area (Å²) in [5.74, 6) is -1.87. The zero-order chi connectivity index (χ0) is 30.0. The summed E-state index contributed by atoms with van der Waals surface area (Å²) in [4.78, 5) is 58.5. The van der Waals surface area contributed by atoms with Gasteiger partial charge in [-0.2, -0.15) is 0 Å². The maximum Gasteiger partial charge on any atom is 0.269 e. The number of carbonyl (C=O) groups is 3. The topological polar surface area (TPSA) is 113 Å². The van der Waals surface area contributed by atoms with Gasteiger partial charge in [-0.3, -0.25) is 24.5 Å². The standard InChI is InChI=1S/C32H36N4O5S/c1-20(2)19-26(37)35-29(22-8-6-21(3)7-9-22)28(31(38)23-10-12-24(13-11-23)36(40)41)27(25-5-4-18-42-25)30(35)32(39)34-16-14-33-15-17-34/h4-13,18,20,27-30,33H,14-17,19H2,1-3H3. The monoisotopic (exact) mass is 588 g/mol. The van der Waals surface area contributed by atoms with Crippen LogP contribution in [0.2, 0.25) is 0 Å². The van der Waals surface area contributed by atoms with Gasteiger partial charge in [0.1, 0.15) is 6.04 Å². The third kappa shape index (κ3) is 5.87. The lowest BCUT2D eigenvalue weighted by Crippen LogP contribution is -2.55. The zero-order valence-corrected chi connectivity index (χ0v) is 24.9. The molecular weight excluding hydrogens is 552 g/mol. The Labute approximate surface area is 249 Å². The van der Waals surface area contributed by atoms with Crippen LogP contribution in [0.1, 0.15) is 58.6 Å². The van der Waals surface area contributed by atoms with E-state index in [-0.39, 0.29) is 35.6 Å². The van der Waals surface area contributed by atoms with Crippen LogP contribution >= 0.6 is 11.3 Å². The lowest BCUT2D eigenvalue weighted by Gasteiger charge is -2.36. The van der Waals surface area contributed by atoms with Crippen molar-refractivity contribution in [3.8, 4) is 0 Å². The van der Waals surface area contributed by atoms with Crippen molar-refractivity contribution in [2.45, 2.75) is 45.2 Å². The normalized spacial score (nSPS) is 22.4. The summed E-state index contributed by atoms with van der Waals surface area (Å²) < 4.78 is 0. The molecule has 220 valence electrons. The van der Waals surface area contributed by atoms with Crippen LogP contribution in [0.4, 0.5) is 5.69 Å². The fourth-order valence-corrected chi connectivity index (χ4v) is 7.12. The van der Waals surface area contributed by atoms with Crippen LogP contribution in [0.3, 0.4) is 0 Å². The van der Waals surface area contributed by atoms with Crippen molar-refractivity contribution in [2.24, 2.45) is 11.8 Å². The highest BCUT2D eigenvalue weighted by Gasteiger charge is 2.58. The zero-order valence-electron chi connectivity index (χ0n) is 24.1. The summed E-state index contributed by atoms with van der Waals surface area (Å²) in [6, 6.07) is 15.7. The third-order valence-electron chi connectivity index (χ3n) is 8.18. The first-order chi connectivity index (χ1) is 20.2. The van der Waals surface area contributed by atoms with Crippen LogP contribution in [-0.4, -0.2) is 64.5 Å². The fraction of sp³-hybridized carbons (Fsp3) is 0.406. The highest BCUT2D eigenvalue weighted by atomic mass is 32.1. The highest BCUT2D eigenvalue weighted by molar-refractivity contribution is 7.10. The molecule has 2 aliphatic heterocycles. The van der Waals surface area contributed by atoms with Gasteiger partial charge in [0, 0.05) is 61.1 Å². The molecule has 5 rings (SSSR count). The Bertz CT molecular complexity index is 1430. The van der Waals surface area contributed by atoms with Crippen LogP contribution in [-0.2, 0) is 9.59 Å². The van der Waals surface area contributed by atoms with Gasteiger partial charge >= 0.3 is 0 Å². The molecule has 0 bridgehead atoms. The van der Waals surface area contributed by atoms with Gasteiger partial charge in [0.25, 0.3) is 5.69 Å². The van der Waals surface area contributed by atoms with Crippen LogP contribution in [0.25, 0.3) is 0 Å². The molecule has 4 atom stereocenters. The Morgan fingerprint density at radius 2 is 1.69 bits per heavy atom. The quantitative estimate of drug-likeness (QED) is 0.226. The van der Waals surface area contributed by atoms with Gasteiger partial charge in [-0.05, 0) is 42.0 Å². The summed E-state index contributed by atoms with van der Waals surface area (Å²) in [6.07, 6.45) is 0.239. The Hall–Kier alpha value is -3.89. The molecular formula is C32H36N4O5S. The Morgan fingerprint density at radius 3 is 2.26 bits per heavy atom. The van der Waals surface area contributed by atoms with Crippen molar-refractivity contribution in [1.82, 2.24) is 15.1 Å². The fourth-order valence-electron chi connectivity index (χ4n) is 6.21. The van der Waals surface area contributed by atoms with Crippen LogP contribution < -0.4 is 5.32 Å². The molecule has 4 unspecified atom stereocenters. The molecule has 0 spiro atoms. The van der Waals surface area contributed by atoms with Crippen molar-refractivity contribution in [1.29, 1.82) is 0 Å². The second-order valence-corrected chi connectivity index (χ2v) is 12.5. The van der Waals surface area contributed by atoms with Gasteiger partial charge in [-0.1, -0.05) is 49.7 Å². The molecule has 2 fully saturated rings. The average Bonchev–Trinajstić information content (AvgIpc) is 3.63. The number of carbonyl (C=O) groups excluding carboxylic acids is 3. The number of nitro groups is 1. The first kappa shape index (κ1) is 29.6. The molecule has 2 amide bonds. The summed E-state index contributed by atoms with van der Waals surface area (Å²) in [5.41, 5.74) is 2.03. The van der Waals surface area contributed by atoms with E-state index in [1.807, 2.05) is 67.4 Å². The molecule has 2 aliphatic rings. The second kappa shape index (κ2) is 12.5. The van der Waals surface area contributed by atoms with E-state index in [0.717, 1.165) is 16.0 Å². The van der Waals surface area contributed by atoms with E-state index in [0.29, 0.717) is 31.7 Å². The number of benzene rings is 2. The second-order valence-electron chi connectivity index (χ2n) is 11.5. The molecule has 1 N–H and O–H groups in total. The Morgan fingerprint density at radius 1 is 1.02 bits per heavy atom. The van der Waals surface area contributed by atoms with Gasteiger partial charge < -0.3 is 15.1 Å². The number of ketones is 1. The van der Waals surface area contributed by atoms with E-state index in [4.69, 9.17) is 0 Å². The number of hydrogen-bond acceptors (Lipinski definition) is 7. The number of piperazine rings is 1. The number of aryl methyl sites for hydroxylation is 1. The van der Waals surface area contributed by atoms with Crippen molar-refractivity contribution in [2.75, 3.05) is 26.2 Å². The lowest BCUT2D eigenvalue weighted by molar-refractivity contribution is -0.384. The van der Waals surface area contributed by atoms with Crippen molar-refractivity contribution in [3.05, 3.63) is 97.7 Å². The number of non-ortho nitro benzene ring substituents is 1. The smallest absolute Gasteiger partial charge is 0.269 e. The van der Waals surface area contributed by atoms with Gasteiger partial charge in [-0.15, -0.1) is 11.3 Å². The van der Waals surface area contributed by atoms with E-state index in [2.05, 4.69) is 5.32 Å². The maximum absolute atomic E-state index is 14.6. The minimum absolute atomic E-state index is 0.0516. The SMILES string of the molecule is Cc1ccc(C2C(C(=O)c3ccc([N+](=O)[O-])cc3)C(c3cccs3)C(C(=O)N3CCNCC3)N2C(=O)CC(C)C)cc1. The van der Waals surface area contributed by atoms with E-state index in [1.165, 1.54) is 35.6 Å². The summed E-state index contributed by atoms with van der Waals surface area (Å²) in [7, 11) is 0. The highest BCUT2D eigenvalue weighted by Crippen LogP contribution is 2.53. The minimum atomic E-state index is -0.869. The number of nitrogens with one attached hydrogen (secondary N) is 1. The number of thiophene rings is 1. The Kier molecular flexibility index (Phi) is 8.84. The van der Waals surface area contributed by atoms with E-state index in [9.17, 15) is 24.5 Å². The number of nitro benzene ring substituents is 1. The molecule has 2 aromatic carbocycles. The minimum Gasteiger partial charge on any atom is -0.338 e. The van der Waals surface area contributed by atoms with Crippen molar-refractivity contribution < 1.29 is 19.3 Å². The third-order valence-corrected chi connectivity index (χ3v) is 9.15. The summed E-state index contributed by atoms with van der Waals surface area (Å²) in [5, 5.41) is 16.5. The van der Waals surface area contributed by atoms with Crippen LogP contribution in [0, 0.1) is 28.9 Å². The average molecular weight is 589 g/mol. The molecule has 3 aromatic rings. The molecule has 3 heterocycles. The van der Waals surface area contributed by atoms with E-state index >= 15 is 0 Å². The number of rotatable bonds is 8. The molecule has 9 nitrogen and oxygen atoms in total. The lowest BCUT2D eigenvalue weighted by atomic mass is 9.78. The van der Waals surface area contributed by atoms with E-state index < -0.39 is 28.8 Å². The summed E-state index contributed by atoms with van der Waals surface area (Å²) >= 11 is 1.48. The molecule has 0 saturated carbocycles. The largest absolute Gasteiger partial charge is 0.338 e. The van der Waals surface area contributed by atoms with Crippen LogP contribution in [0.15, 0.2) is 66.0 Å². The number of likely N-dealkylation sites (tertiary alicyclic amines) is 1. The number of hydrogen-bond donors (Lipinski definition) is 1. The van der Waals surface area contributed by atoms with Gasteiger partial charge in [0.15, 0.2) is 5.78 Å².